The van der Waals surface area contributed by atoms with E-state index >= 15 is 0 Å². The van der Waals surface area contributed by atoms with Crippen molar-refractivity contribution in [3.05, 3.63) is 65.8 Å². The number of ether oxygens (including phenoxy) is 1. The van der Waals surface area contributed by atoms with Crippen molar-refractivity contribution in [3.8, 4) is 5.75 Å². The molecule has 96 valence electrons. The number of hydrogen-bond acceptors (Lipinski definition) is 5. The van der Waals surface area contributed by atoms with Gasteiger partial charge in [0.1, 0.15) is 17.8 Å². The summed E-state index contributed by atoms with van der Waals surface area (Å²) in [5, 5.41) is 0. The van der Waals surface area contributed by atoms with Crippen LogP contribution in [0.5, 0.6) is 5.75 Å². The first kappa shape index (κ1) is 11.0. The van der Waals surface area contributed by atoms with E-state index in [0.717, 1.165) is 0 Å². The van der Waals surface area contributed by atoms with Crippen LogP contribution in [0.4, 0.5) is 0 Å². The highest BCUT2D eigenvalue weighted by Gasteiger charge is 2.52. The van der Waals surface area contributed by atoms with Crippen LogP contribution in [0.1, 0.15) is 26.4 Å². The van der Waals surface area contributed by atoms with E-state index < -0.39 is 5.60 Å². The van der Waals surface area contributed by atoms with Gasteiger partial charge in [0, 0.05) is 6.20 Å². The van der Waals surface area contributed by atoms with E-state index in [4.69, 9.17) is 4.74 Å². The van der Waals surface area contributed by atoms with E-state index in [1.165, 1.54) is 24.7 Å². The SMILES string of the molecule is O=C1C=CC2(Oc3ccccc3C2=O)c2ncncc21. The van der Waals surface area contributed by atoms with E-state index in [9.17, 15) is 9.59 Å². The van der Waals surface area contributed by atoms with Crippen LogP contribution >= 0.6 is 0 Å². The monoisotopic (exact) mass is 264 g/mol. The number of benzene rings is 1. The smallest absolute Gasteiger partial charge is 0.233 e. The van der Waals surface area contributed by atoms with Crippen molar-refractivity contribution in [2.45, 2.75) is 5.60 Å². The zero-order valence-corrected chi connectivity index (χ0v) is 10.2. The van der Waals surface area contributed by atoms with Crippen LogP contribution in [-0.2, 0) is 5.60 Å². The molecular formula is C15H8N2O3. The molecule has 0 saturated carbocycles. The Kier molecular flexibility index (Phi) is 1.99. The highest BCUT2D eigenvalue weighted by atomic mass is 16.5. The number of hydrogen-bond donors (Lipinski definition) is 0. The maximum Gasteiger partial charge on any atom is 0.233 e. The van der Waals surface area contributed by atoms with Crippen molar-refractivity contribution in [3.63, 3.8) is 0 Å². The molecule has 1 aromatic carbocycles. The maximum absolute atomic E-state index is 12.7. The molecule has 0 fully saturated rings. The Morgan fingerprint density at radius 3 is 2.80 bits per heavy atom. The number of nitrogens with zero attached hydrogens (tertiary/aromatic N) is 2. The van der Waals surface area contributed by atoms with E-state index in [0.29, 0.717) is 22.6 Å². The van der Waals surface area contributed by atoms with Crippen molar-refractivity contribution in [1.29, 1.82) is 0 Å². The molecule has 2 heterocycles. The molecule has 1 atom stereocenters. The van der Waals surface area contributed by atoms with Crippen molar-refractivity contribution < 1.29 is 14.3 Å². The highest BCUT2D eigenvalue weighted by Crippen LogP contribution is 2.43. The van der Waals surface area contributed by atoms with Gasteiger partial charge in [-0.25, -0.2) is 9.97 Å². The van der Waals surface area contributed by atoms with Gasteiger partial charge in [0.25, 0.3) is 0 Å². The van der Waals surface area contributed by atoms with Crippen molar-refractivity contribution in [2.24, 2.45) is 0 Å². The normalized spacial score (nSPS) is 22.6. The minimum atomic E-state index is -1.34. The molecule has 20 heavy (non-hydrogen) atoms. The molecule has 0 radical (unpaired) electrons. The Morgan fingerprint density at radius 1 is 1.10 bits per heavy atom. The average Bonchev–Trinajstić information content (AvgIpc) is 2.78. The summed E-state index contributed by atoms with van der Waals surface area (Å²) in [6, 6.07) is 7.01. The summed E-state index contributed by atoms with van der Waals surface area (Å²) < 4.78 is 5.84. The lowest BCUT2D eigenvalue weighted by atomic mass is 9.84. The summed E-state index contributed by atoms with van der Waals surface area (Å²) in [5.41, 5.74) is -0.232. The van der Waals surface area contributed by atoms with Crippen LogP contribution in [0.3, 0.4) is 0 Å². The van der Waals surface area contributed by atoms with Gasteiger partial charge >= 0.3 is 0 Å². The van der Waals surface area contributed by atoms with Gasteiger partial charge in [0.05, 0.1) is 11.1 Å². The maximum atomic E-state index is 12.7. The summed E-state index contributed by atoms with van der Waals surface area (Å²) in [4.78, 5) is 32.5. The predicted molar refractivity (Wildman–Crippen MR) is 68.6 cm³/mol. The third-order valence-corrected chi connectivity index (χ3v) is 3.54. The fourth-order valence-corrected chi connectivity index (χ4v) is 2.60. The number of rotatable bonds is 0. The average molecular weight is 264 g/mol. The molecule has 1 aliphatic carbocycles. The van der Waals surface area contributed by atoms with Crippen LogP contribution in [0.2, 0.25) is 0 Å². The van der Waals surface area contributed by atoms with E-state index in [2.05, 4.69) is 9.97 Å². The quantitative estimate of drug-likeness (QED) is 0.724. The third-order valence-electron chi connectivity index (χ3n) is 3.54. The Bertz CT molecular complexity index is 797. The van der Waals surface area contributed by atoms with Crippen LogP contribution in [0.25, 0.3) is 0 Å². The molecule has 0 amide bonds. The molecule has 0 bridgehead atoms. The van der Waals surface area contributed by atoms with Crippen LogP contribution in [0, 0.1) is 0 Å². The minimum Gasteiger partial charge on any atom is -0.468 e. The number of ketones is 2. The molecule has 1 aromatic heterocycles. The minimum absolute atomic E-state index is 0.211. The van der Waals surface area contributed by atoms with Gasteiger partial charge in [-0.2, -0.15) is 0 Å². The molecule has 4 rings (SSSR count). The zero-order chi connectivity index (χ0) is 13.7. The summed E-state index contributed by atoms with van der Waals surface area (Å²) in [6.07, 6.45) is 5.55. The third kappa shape index (κ3) is 1.21. The van der Waals surface area contributed by atoms with Gasteiger partial charge in [-0.05, 0) is 24.3 Å². The second-order valence-electron chi connectivity index (χ2n) is 4.65. The van der Waals surface area contributed by atoms with E-state index in [1.54, 1.807) is 24.3 Å². The lowest BCUT2D eigenvalue weighted by Crippen LogP contribution is -2.39. The highest BCUT2D eigenvalue weighted by molar-refractivity contribution is 6.15. The standard InChI is InChI=1S/C15H8N2O3/c18-11-5-6-15(13-10(11)7-16-8-17-13)14(19)9-3-1-2-4-12(9)20-15/h1-8H. The van der Waals surface area contributed by atoms with E-state index in [-0.39, 0.29) is 11.6 Å². The zero-order valence-electron chi connectivity index (χ0n) is 10.2. The van der Waals surface area contributed by atoms with Crippen LogP contribution < -0.4 is 4.74 Å². The number of carbonyl (C=O) groups excluding carboxylic acids is 2. The molecule has 0 N–H and O–H groups in total. The van der Waals surface area contributed by atoms with Gasteiger partial charge in [0.2, 0.25) is 11.4 Å². The Labute approximate surface area is 113 Å². The van der Waals surface area contributed by atoms with Gasteiger partial charge in [-0.15, -0.1) is 0 Å². The number of carbonyl (C=O) groups is 2. The van der Waals surface area contributed by atoms with Crippen molar-refractivity contribution >= 4 is 11.6 Å². The van der Waals surface area contributed by atoms with Gasteiger partial charge < -0.3 is 4.74 Å². The molecule has 1 spiro atoms. The molecular weight excluding hydrogens is 256 g/mol. The van der Waals surface area contributed by atoms with Gasteiger partial charge in [-0.3, -0.25) is 9.59 Å². The Morgan fingerprint density at radius 2 is 1.95 bits per heavy atom. The van der Waals surface area contributed by atoms with Crippen molar-refractivity contribution in [1.82, 2.24) is 9.97 Å². The number of aromatic nitrogens is 2. The first-order valence-electron chi connectivity index (χ1n) is 6.09. The van der Waals surface area contributed by atoms with Gasteiger partial charge in [-0.1, -0.05) is 12.1 Å². The molecule has 2 aromatic rings. The molecule has 1 unspecified atom stereocenters. The molecule has 2 aliphatic rings. The lowest BCUT2D eigenvalue weighted by Gasteiger charge is -2.26. The van der Waals surface area contributed by atoms with Crippen LogP contribution in [0.15, 0.2) is 48.9 Å². The number of allylic oxidation sites excluding steroid dienone is 1. The summed E-state index contributed by atoms with van der Waals surface area (Å²) in [7, 11) is 0. The molecule has 1 aliphatic heterocycles. The van der Waals surface area contributed by atoms with Crippen molar-refractivity contribution in [2.75, 3.05) is 0 Å². The fraction of sp³-hybridized carbons (Fsp3) is 0.0667. The number of para-hydroxylation sites is 1. The molecule has 5 nitrogen and oxygen atoms in total. The molecule has 0 saturated heterocycles. The molecule has 5 heteroatoms. The van der Waals surface area contributed by atoms with Crippen LogP contribution in [-0.4, -0.2) is 21.5 Å². The Hall–Kier alpha value is -2.82. The first-order chi connectivity index (χ1) is 9.72. The number of Topliss-reactive ketones (excluding diaryl/α,β-unsaturated/α-hetero) is 1. The lowest BCUT2D eigenvalue weighted by molar-refractivity contribution is 0.0683. The fourth-order valence-electron chi connectivity index (χ4n) is 2.60. The largest absolute Gasteiger partial charge is 0.468 e. The second-order valence-corrected chi connectivity index (χ2v) is 4.65. The summed E-state index contributed by atoms with van der Waals surface area (Å²) in [6.45, 7) is 0. The van der Waals surface area contributed by atoms with E-state index in [1.807, 2.05) is 0 Å². The number of fused-ring (bicyclic) bond motifs is 3. The topological polar surface area (TPSA) is 69.2 Å². The van der Waals surface area contributed by atoms with Gasteiger partial charge in [0.15, 0.2) is 5.78 Å². The summed E-state index contributed by atoms with van der Waals surface area (Å²) in [5.74, 6) is 0.0662. The predicted octanol–water partition coefficient (Wildman–Crippen LogP) is 1.70. The summed E-state index contributed by atoms with van der Waals surface area (Å²) >= 11 is 0. The second kappa shape index (κ2) is 3.60. The first-order valence-corrected chi connectivity index (χ1v) is 6.09. The Balaban J connectivity index is 1.99.